The van der Waals surface area contributed by atoms with Crippen molar-refractivity contribution >= 4 is 32.8 Å². The maximum atomic E-state index is 12.6. The van der Waals surface area contributed by atoms with E-state index in [0.29, 0.717) is 28.9 Å². The van der Waals surface area contributed by atoms with Crippen LogP contribution in [0.25, 0.3) is 0 Å². The van der Waals surface area contributed by atoms with Gasteiger partial charge in [0, 0.05) is 17.8 Å². The minimum atomic E-state index is -5.09. The van der Waals surface area contributed by atoms with Crippen LogP contribution in [0.5, 0.6) is 0 Å². The Hall–Kier alpha value is -1.63. The van der Waals surface area contributed by atoms with Crippen LogP contribution in [0.1, 0.15) is 43.9 Å². The van der Waals surface area contributed by atoms with Gasteiger partial charge in [-0.2, -0.15) is 4.98 Å². The van der Waals surface area contributed by atoms with E-state index in [1.54, 1.807) is 6.07 Å². The third kappa shape index (κ3) is 8.43. The highest BCUT2D eigenvalue weighted by Crippen LogP contribution is 2.61. The fourth-order valence-corrected chi connectivity index (χ4v) is 7.49. The maximum Gasteiger partial charge on any atom is 0.479 e. The number of phosphoric acid groups is 1. The molecule has 0 radical (unpaired) electrons. The van der Waals surface area contributed by atoms with Crippen molar-refractivity contribution in [2.24, 2.45) is 5.92 Å². The van der Waals surface area contributed by atoms with E-state index in [1.165, 1.54) is 49.7 Å². The van der Waals surface area contributed by atoms with Crippen molar-refractivity contribution in [1.29, 1.82) is 0 Å². The van der Waals surface area contributed by atoms with E-state index in [-0.39, 0.29) is 0 Å². The Morgan fingerprint density at radius 2 is 1.77 bits per heavy atom. The van der Waals surface area contributed by atoms with Gasteiger partial charge in [0.25, 0.3) is 0 Å². The Labute approximate surface area is 229 Å². The molecule has 1 aliphatic carbocycles. The molecule has 2 aromatic rings. The van der Waals surface area contributed by atoms with Gasteiger partial charge in [0.1, 0.15) is 24.1 Å². The standard InChI is InChI=1S/C23H32ClN3O10P2/c24-17-8-6-16(7-9-17)14-38(31,32)37-39(33,34)35-13-18-20(28)21(29)22(36-18)27-11-10-19(26-23(27)30)25-12-15-4-2-1-3-5-15/h6-11,15,18,20-22,28-29H,1-5,12-14H2,(H,31,32)(H,33,34)(H,25,26,30)/t18-,20-,21-,22-/m1/s1. The summed E-state index contributed by atoms with van der Waals surface area (Å²) >= 11 is 5.78. The molecule has 39 heavy (non-hydrogen) atoms. The van der Waals surface area contributed by atoms with Gasteiger partial charge in [-0.05, 0) is 42.5 Å². The molecule has 2 fully saturated rings. The van der Waals surface area contributed by atoms with Crippen molar-refractivity contribution in [3.63, 3.8) is 0 Å². The molecule has 2 aliphatic rings. The number of rotatable bonds is 11. The van der Waals surface area contributed by atoms with Crippen LogP contribution in [0, 0.1) is 5.92 Å². The lowest BCUT2D eigenvalue weighted by atomic mass is 9.89. The second-order valence-electron chi connectivity index (χ2n) is 9.70. The largest absolute Gasteiger partial charge is 0.479 e. The number of benzene rings is 1. The second kappa shape index (κ2) is 12.9. The predicted octanol–water partition coefficient (Wildman–Crippen LogP) is 3.03. The lowest BCUT2D eigenvalue weighted by Gasteiger charge is -2.22. The third-order valence-corrected chi connectivity index (χ3v) is 10.0. The summed E-state index contributed by atoms with van der Waals surface area (Å²) in [6.45, 7) is -0.0897. The SMILES string of the molecule is O=c1nc(NCC2CCCCC2)ccn1[C@@H]1O[C@H](COP(=O)(O)OP(=O)(O)Cc2ccc(Cl)cc2)[C@@H](O)[C@H]1O. The molecule has 0 bridgehead atoms. The number of hydrogen-bond donors (Lipinski definition) is 5. The number of ether oxygens (including phenoxy) is 1. The van der Waals surface area contributed by atoms with E-state index in [2.05, 4.69) is 14.6 Å². The highest BCUT2D eigenvalue weighted by atomic mass is 35.5. The number of phosphoric ester groups is 1. The van der Waals surface area contributed by atoms with Gasteiger partial charge in [-0.25, -0.2) is 13.7 Å². The number of aromatic nitrogens is 2. The summed E-state index contributed by atoms with van der Waals surface area (Å²) in [6, 6.07) is 7.42. The molecule has 4 rings (SSSR count). The molecule has 1 aromatic carbocycles. The minimum Gasteiger partial charge on any atom is -0.387 e. The first-order valence-corrected chi connectivity index (χ1v) is 16.2. The Kier molecular flexibility index (Phi) is 10.0. The zero-order chi connectivity index (χ0) is 28.2. The lowest BCUT2D eigenvalue weighted by Crippen LogP contribution is -2.36. The van der Waals surface area contributed by atoms with Crippen molar-refractivity contribution in [3.8, 4) is 0 Å². The predicted molar refractivity (Wildman–Crippen MR) is 141 cm³/mol. The normalized spacial score (nSPS) is 27.1. The smallest absolute Gasteiger partial charge is 0.387 e. The monoisotopic (exact) mass is 607 g/mol. The third-order valence-electron chi connectivity index (χ3n) is 6.67. The number of halogens is 1. The van der Waals surface area contributed by atoms with E-state index < -0.39 is 58.4 Å². The average Bonchev–Trinajstić information content (AvgIpc) is 3.16. The van der Waals surface area contributed by atoms with Crippen molar-refractivity contribution < 1.29 is 42.7 Å². The van der Waals surface area contributed by atoms with Crippen LogP contribution >= 0.6 is 27.0 Å². The van der Waals surface area contributed by atoms with Crippen LogP contribution in [0.4, 0.5) is 5.82 Å². The van der Waals surface area contributed by atoms with E-state index in [9.17, 15) is 33.9 Å². The van der Waals surface area contributed by atoms with Crippen molar-refractivity contribution in [3.05, 3.63) is 57.6 Å². The van der Waals surface area contributed by atoms with Crippen LogP contribution in [0.2, 0.25) is 5.02 Å². The topological polar surface area (TPSA) is 190 Å². The number of nitrogens with one attached hydrogen (secondary N) is 1. The van der Waals surface area contributed by atoms with Crippen LogP contribution in [0.15, 0.2) is 41.3 Å². The van der Waals surface area contributed by atoms with Gasteiger partial charge in [0.15, 0.2) is 6.23 Å². The fraction of sp³-hybridized carbons (Fsp3) is 0.565. The molecule has 1 aromatic heterocycles. The van der Waals surface area contributed by atoms with Gasteiger partial charge in [-0.1, -0.05) is 43.0 Å². The van der Waals surface area contributed by atoms with E-state index in [4.69, 9.17) is 20.9 Å². The molecule has 0 spiro atoms. The van der Waals surface area contributed by atoms with Crippen LogP contribution < -0.4 is 11.0 Å². The molecule has 2 unspecified atom stereocenters. The molecule has 1 aliphatic heterocycles. The molecule has 216 valence electrons. The van der Waals surface area contributed by atoms with E-state index >= 15 is 0 Å². The molecule has 1 saturated heterocycles. The van der Waals surface area contributed by atoms with Crippen molar-refractivity contribution in [2.75, 3.05) is 18.5 Å². The summed E-state index contributed by atoms with van der Waals surface area (Å²) in [5.74, 6) is 0.891. The quantitative estimate of drug-likeness (QED) is 0.235. The summed E-state index contributed by atoms with van der Waals surface area (Å²) < 4.78 is 40.5. The maximum absolute atomic E-state index is 12.6. The summed E-state index contributed by atoms with van der Waals surface area (Å²) in [6.07, 6.45) is 0.722. The number of anilines is 1. The highest BCUT2D eigenvalue weighted by molar-refractivity contribution is 7.63. The molecule has 13 nitrogen and oxygen atoms in total. The number of nitrogens with zero attached hydrogens (tertiary/aromatic N) is 2. The Bertz CT molecular complexity index is 1270. The first-order valence-electron chi connectivity index (χ1n) is 12.5. The molecular weight excluding hydrogens is 576 g/mol. The van der Waals surface area contributed by atoms with Crippen LogP contribution in [-0.4, -0.2) is 61.0 Å². The lowest BCUT2D eigenvalue weighted by molar-refractivity contribution is -0.0540. The summed E-state index contributed by atoms with van der Waals surface area (Å²) in [5, 5.41) is 24.4. The van der Waals surface area contributed by atoms with Crippen molar-refractivity contribution in [1.82, 2.24) is 9.55 Å². The Morgan fingerprint density at radius 3 is 2.44 bits per heavy atom. The summed E-state index contributed by atoms with van der Waals surface area (Å²) in [7, 11) is -9.71. The molecule has 1 saturated carbocycles. The highest BCUT2D eigenvalue weighted by Gasteiger charge is 2.46. The van der Waals surface area contributed by atoms with E-state index in [0.717, 1.165) is 17.4 Å². The van der Waals surface area contributed by atoms with Crippen LogP contribution in [0.3, 0.4) is 0 Å². The first kappa shape index (κ1) is 30.3. The van der Waals surface area contributed by atoms with Gasteiger partial charge in [-0.3, -0.25) is 13.7 Å². The average molecular weight is 608 g/mol. The van der Waals surface area contributed by atoms with Gasteiger partial charge in [0.05, 0.1) is 12.8 Å². The molecule has 5 N–H and O–H groups in total. The van der Waals surface area contributed by atoms with Gasteiger partial charge >= 0.3 is 21.1 Å². The fourth-order valence-electron chi connectivity index (χ4n) is 4.64. The van der Waals surface area contributed by atoms with Crippen LogP contribution in [-0.2, 0) is 28.9 Å². The summed E-state index contributed by atoms with van der Waals surface area (Å²) in [4.78, 5) is 36.6. The number of aliphatic hydroxyl groups is 2. The molecule has 0 amide bonds. The van der Waals surface area contributed by atoms with Gasteiger partial charge < -0.3 is 30.1 Å². The zero-order valence-electron chi connectivity index (χ0n) is 20.9. The first-order chi connectivity index (χ1) is 18.4. The number of hydrogen-bond acceptors (Lipinski definition) is 10. The minimum absolute atomic E-state index is 0.333. The molecule has 16 heteroatoms. The molecule has 2 heterocycles. The summed E-state index contributed by atoms with van der Waals surface area (Å²) in [5.41, 5.74) is -0.402. The van der Waals surface area contributed by atoms with Crippen molar-refractivity contribution in [2.45, 2.75) is 62.8 Å². The Morgan fingerprint density at radius 1 is 1.08 bits per heavy atom. The molecule has 6 atom stereocenters. The molecular formula is C23H32ClN3O10P2. The zero-order valence-corrected chi connectivity index (χ0v) is 23.5. The van der Waals surface area contributed by atoms with Gasteiger partial charge in [0.2, 0.25) is 0 Å². The van der Waals surface area contributed by atoms with E-state index in [1.807, 2.05) is 0 Å². The second-order valence-corrected chi connectivity index (χ2v) is 13.6. The Balaban J connectivity index is 1.32. The van der Waals surface area contributed by atoms with Gasteiger partial charge in [-0.15, -0.1) is 0 Å². The number of aliphatic hydroxyl groups excluding tert-OH is 2.